The number of hydrogen-bond donors (Lipinski definition) is 1. The Morgan fingerprint density at radius 2 is 1.55 bits per heavy atom. The molecule has 0 radical (unpaired) electrons. The largest absolute Gasteiger partial charge is 0.350 e. The lowest BCUT2D eigenvalue weighted by Gasteiger charge is -2.16. The smallest absolute Gasteiger partial charge is 0.282 e. The fourth-order valence-electron chi connectivity index (χ4n) is 3.62. The fourth-order valence-corrected chi connectivity index (χ4v) is 3.80. The Labute approximate surface area is 185 Å². The molecule has 4 nitrogen and oxygen atoms in total. The number of benzene rings is 3. The van der Waals surface area contributed by atoms with Gasteiger partial charge >= 0.3 is 0 Å². The SMILES string of the molecule is Cc1ccc(C2=C(Nc3ccc(F)cc3)C(=O)N(c3ccc(C)c(Cl)c3)C2=O)c(C)c1. The van der Waals surface area contributed by atoms with Crippen LogP contribution in [0.15, 0.2) is 66.4 Å². The quantitative estimate of drug-likeness (QED) is 0.528. The van der Waals surface area contributed by atoms with Gasteiger partial charge in [-0.3, -0.25) is 9.59 Å². The van der Waals surface area contributed by atoms with Gasteiger partial charge in [0.1, 0.15) is 11.5 Å². The van der Waals surface area contributed by atoms with Crippen molar-refractivity contribution >= 4 is 40.4 Å². The molecule has 0 saturated heterocycles. The van der Waals surface area contributed by atoms with Gasteiger partial charge in [0.25, 0.3) is 11.8 Å². The molecule has 1 aliphatic heterocycles. The Morgan fingerprint density at radius 3 is 2.19 bits per heavy atom. The first kappa shape index (κ1) is 20.8. The maximum Gasteiger partial charge on any atom is 0.282 e. The molecule has 2 amide bonds. The van der Waals surface area contributed by atoms with E-state index >= 15 is 0 Å². The molecule has 0 atom stereocenters. The average molecular weight is 435 g/mol. The van der Waals surface area contributed by atoms with Crippen molar-refractivity contribution < 1.29 is 14.0 Å². The molecule has 0 fully saturated rings. The van der Waals surface area contributed by atoms with Crippen molar-refractivity contribution in [1.82, 2.24) is 0 Å². The van der Waals surface area contributed by atoms with Crippen molar-refractivity contribution in [2.24, 2.45) is 0 Å². The van der Waals surface area contributed by atoms with Gasteiger partial charge < -0.3 is 5.32 Å². The number of nitrogens with zero attached hydrogens (tertiary/aromatic N) is 1. The van der Waals surface area contributed by atoms with Crippen molar-refractivity contribution in [2.45, 2.75) is 20.8 Å². The fraction of sp³-hybridized carbons (Fsp3) is 0.120. The van der Waals surface area contributed by atoms with Gasteiger partial charge in [0.05, 0.1) is 11.3 Å². The first-order chi connectivity index (χ1) is 14.8. The van der Waals surface area contributed by atoms with E-state index < -0.39 is 11.8 Å². The lowest BCUT2D eigenvalue weighted by molar-refractivity contribution is -0.120. The number of carbonyl (C=O) groups is 2. The van der Waals surface area contributed by atoms with E-state index in [1.165, 1.54) is 24.3 Å². The second-order valence-corrected chi connectivity index (χ2v) is 7.99. The average Bonchev–Trinajstić information content (AvgIpc) is 2.96. The highest BCUT2D eigenvalue weighted by Crippen LogP contribution is 2.36. The minimum Gasteiger partial charge on any atom is -0.350 e. The predicted molar refractivity (Wildman–Crippen MR) is 122 cm³/mol. The van der Waals surface area contributed by atoms with Gasteiger partial charge in [0.15, 0.2) is 0 Å². The van der Waals surface area contributed by atoms with E-state index in [0.29, 0.717) is 22.0 Å². The Bertz CT molecular complexity index is 1250. The van der Waals surface area contributed by atoms with Crippen LogP contribution in [0, 0.1) is 26.6 Å². The third kappa shape index (κ3) is 3.84. The molecule has 6 heteroatoms. The summed E-state index contributed by atoms with van der Waals surface area (Å²) in [4.78, 5) is 28.0. The van der Waals surface area contributed by atoms with E-state index in [4.69, 9.17) is 11.6 Å². The summed E-state index contributed by atoms with van der Waals surface area (Å²) in [6.07, 6.45) is 0. The number of nitrogens with one attached hydrogen (secondary N) is 1. The number of imide groups is 1. The zero-order valence-corrected chi connectivity index (χ0v) is 18.0. The summed E-state index contributed by atoms with van der Waals surface area (Å²) in [5.41, 5.74) is 4.73. The van der Waals surface area contributed by atoms with Crippen molar-refractivity contribution in [3.05, 3.63) is 99.5 Å². The molecule has 0 unspecified atom stereocenters. The van der Waals surface area contributed by atoms with Crippen molar-refractivity contribution in [3.63, 3.8) is 0 Å². The van der Waals surface area contributed by atoms with Gasteiger partial charge in [-0.1, -0.05) is 41.4 Å². The van der Waals surface area contributed by atoms with Gasteiger partial charge in [0, 0.05) is 10.7 Å². The highest BCUT2D eigenvalue weighted by atomic mass is 35.5. The van der Waals surface area contributed by atoms with Crippen LogP contribution in [-0.2, 0) is 9.59 Å². The van der Waals surface area contributed by atoms with Gasteiger partial charge in [0.2, 0.25) is 0 Å². The van der Waals surface area contributed by atoms with E-state index in [1.54, 1.807) is 18.2 Å². The molecule has 31 heavy (non-hydrogen) atoms. The van der Waals surface area contributed by atoms with E-state index in [9.17, 15) is 14.0 Å². The minimum atomic E-state index is -0.496. The maximum atomic E-state index is 13.5. The summed E-state index contributed by atoms with van der Waals surface area (Å²) in [6.45, 7) is 5.71. The van der Waals surface area contributed by atoms with Crippen molar-refractivity contribution in [2.75, 3.05) is 10.2 Å². The van der Waals surface area contributed by atoms with E-state index in [2.05, 4.69) is 5.32 Å². The number of halogens is 2. The number of hydrogen-bond acceptors (Lipinski definition) is 3. The molecule has 3 aromatic carbocycles. The minimum absolute atomic E-state index is 0.139. The van der Waals surface area contributed by atoms with Crippen LogP contribution in [-0.4, -0.2) is 11.8 Å². The highest BCUT2D eigenvalue weighted by Gasteiger charge is 2.40. The molecule has 1 aliphatic rings. The van der Waals surface area contributed by atoms with Crippen LogP contribution < -0.4 is 10.2 Å². The van der Waals surface area contributed by atoms with Crippen molar-refractivity contribution in [1.29, 1.82) is 0 Å². The predicted octanol–water partition coefficient (Wildman–Crippen LogP) is 5.80. The summed E-state index contributed by atoms with van der Waals surface area (Å²) in [5, 5.41) is 3.50. The molecule has 156 valence electrons. The number of carbonyl (C=O) groups excluding carboxylic acids is 2. The summed E-state index contributed by atoms with van der Waals surface area (Å²) in [7, 11) is 0. The maximum absolute atomic E-state index is 13.5. The summed E-state index contributed by atoms with van der Waals surface area (Å²) >= 11 is 6.25. The van der Waals surface area contributed by atoms with Crippen LogP contribution in [0.4, 0.5) is 15.8 Å². The second kappa shape index (κ2) is 8.00. The molecule has 0 spiro atoms. The molecular formula is C25H20ClFN2O2. The number of amides is 2. The first-order valence-corrected chi connectivity index (χ1v) is 10.1. The molecular weight excluding hydrogens is 415 g/mol. The normalized spacial score (nSPS) is 13.9. The third-order valence-corrected chi connectivity index (χ3v) is 5.67. The Hall–Kier alpha value is -3.44. The van der Waals surface area contributed by atoms with E-state index in [0.717, 1.165) is 21.6 Å². The van der Waals surface area contributed by atoms with Crippen LogP contribution in [0.5, 0.6) is 0 Å². The standard InChI is InChI=1S/C25H20ClFN2O2/c1-14-4-11-20(16(3)12-14)22-23(28-18-8-6-17(27)7-9-18)25(31)29(24(22)30)19-10-5-15(2)21(26)13-19/h4-13,28H,1-3H3. The number of rotatable bonds is 4. The molecule has 0 aromatic heterocycles. The van der Waals surface area contributed by atoms with Crippen LogP contribution in [0.1, 0.15) is 22.3 Å². The monoisotopic (exact) mass is 434 g/mol. The number of aryl methyl sites for hydroxylation is 3. The molecule has 0 saturated carbocycles. The second-order valence-electron chi connectivity index (χ2n) is 7.58. The van der Waals surface area contributed by atoms with Crippen LogP contribution in [0.2, 0.25) is 5.02 Å². The molecule has 1 heterocycles. The Kier molecular flexibility index (Phi) is 5.38. The van der Waals surface area contributed by atoms with Gasteiger partial charge in [-0.15, -0.1) is 0 Å². The van der Waals surface area contributed by atoms with Crippen LogP contribution >= 0.6 is 11.6 Å². The highest BCUT2D eigenvalue weighted by molar-refractivity contribution is 6.46. The zero-order chi connectivity index (χ0) is 22.3. The van der Waals surface area contributed by atoms with Gasteiger partial charge in [-0.25, -0.2) is 9.29 Å². The molecule has 3 aromatic rings. The molecule has 1 N–H and O–H groups in total. The molecule has 4 rings (SSSR count). The van der Waals surface area contributed by atoms with Gasteiger partial charge in [-0.05, 0) is 73.9 Å². The first-order valence-electron chi connectivity index (χ1n) is 9.75. The van der Waals surface area contributed by atoms with Gasteiger partial charge in [-0.2, -0.15) is 0 Å². The Balaban J connectivity index is 1.86. The molecule has 0 aliphatic carbocycles. The van der Waals surface area contributed by atoms with E-state index in [-0.39, 0.29) is 17.1 Å². The third-order valence-electron chi connectivity index (χ3n) is 5.26. The van der Waals surface area contributed by atoms with Crippen molar-refractivity contribution in [3.8, 4) is 0 Å². The van der Waals surface area contributed by atoms with Crippen LogP contribution in [0.3, 0.4) is 0 Å². The molecule has 0 bridgehead atoms. The topological polar surface area (TPSA) is 49.4 Å². The summed E-state index contributed by atoms with van der Waals surface area (Å²) in [6, 6.07) is 16.4. The Morgan fingerprint density at radius 1 is 0.839 bits per heavy atom. The lowest BCUT2D eigenvalue weighted by atomic mass is 9.97. The van der Waals surface area contributed by atoms with Crippen LogP contribution in [0.25, 0.3) is 5.57 Å². The summed E-state index contributed by atoms with van der Waals surface area (Å²) < 4.78 is 13.3. The summed E-state index contributed by atoms with van der Waals surface area (Å²) in [5.74, 6) is -1.33. The lowest BCUT2D eigenvalue weighted by Crippen LogP contribution is -2.32. The zero-order valence-electron chi connectivity index (χ0n) is 17.3. The number of anilines is 2. The van der Waals surface area contributed by atoms with E-state index in [1.807, 2.05) is 39.0 Å².